The highest BCUT2D eigenvalue weighted by atomic mass is 35.5. The van der Waals surface area contributed by atoms with Crippen LogP contribution in [0.4, 0.5) is 8.78 Å². The standard InChI is InChI=1S/C15H14ClF2NO/c1-19-8-11-6-13(17)15(14(18)7-11)20-9-10-2-4-12(16)5-3-10/h2-7,19H,8-9H2,1H3. The zero-order chi connectivity index (χ0) is 14.5. The fraction of sp³-hybridized carbons (Fsp3) is 0.200. The van der Waals surface area contributed by atoms with Crippen molar-refractivity contribution >= 4 is 11.6 Å². The summed E-state index contributed by atoms with van der Waals surface area (Å²) in [6.07, 6.45) is 0. The van der Waals surface area contributed by atoms with Gasteiger partial charge in [-0.2, -0.15) is 0 Å². The van der Waals surface area contributed by atoms with E-state index < -0.39 is 11.6 Å². The molecule has 106 valence electrons. The molecule has 0 amide bonds. The lowest BCUT2D eigenvalue weighted by Crippen LogP contribution is -2.07. The van der Waals surface area contributed by atoms with Crippen molar-refractivity contribution in [3.05, 3.63) is 64.2 Å². The van der Waals surface area contributed by atoms with Crippen LogP contribution in [0.2, 0.25) is 5.02 Å². The Morgan fingerprint density at radius 2 is 1.65 bits per heavy atom. The van der Waals surface area contributed by atoms with E-state index in [0.717, 1.165) is 5.56 Å². The number of halogens is 3. The summed E-state index contributed by atoms with van der Waals surface area (Å²) < 4.78 is 32.8. The van der Waals surface area contributed by atoms with Gasteiger partial charge in [0.15, 0.2) is 17.4 Å². The van der Waals surface area contributed by atoms with Gasteiger partial charge in [-0.05, 0) is 42.4 Å². The largest absolute Gasteiger partial charge is 0.483 e. The van der Waals surface area contributed by atoms with Crippen LogP contribution in [0.3, 0.4) is 0 Å². The molecule has 2 rings (SSSR count). The molecule has 0 bridgehead atoms. The van der Waals surface area contributed by atoms with Gasteiger partial charge in [-0.3, -0.25) is 0 Å². The van der Waals surface area contributed by atoms with Gasteiger partial charge in [0.25, 0.3) is 0 Å². The smallest absolute Gasteiger partial charge is 0.191 e. The minimum absolute atomic E-state index is 0.0797. The van der Waals surface area contributed by atoms with Gasteiger partial charge in [-0.25, -0.2) is 8.78 Å². The third kappa shape index (κ3) is 3.68. The van der Waals surface area contributed by atoms with Gasteiger partial charge >= 0.3 is 0 Å². The monoisotopic (exact) mass is 297 g/mol. The molecule has 0 heterocycles. The summed E-state index contributed by atoms with van der Waals surface area (Å²) in [5.74, 6) is -1.77. The van der Waals surface area contributed by atoms with Crippen molar-refractivity contribution in [2.45, 2.75) is 13.2 Å². The van der Waals surface area contributed by atoms with Crippen LogP contribution >= 0.6 is 11.6 Å². The molecule has 0 unspecified atom stereocenters. The van der Waals surface area contributed by atoms with E-state index in [9.17, 15) is 8.78 Å². The molecule has 0 aliphatic carbocycles. The second-order valence-electron chi connectivity index (χ2n) is 4.33. The minimum Gasteiger partial charge on any atom is -0.483 e. The van der Waals surface area contributed by atoms with Gasteiger partial charge in [0, 0.05) is 11.6 Å². The highest BCUT2D eigenvalue weighted by molar-refractivity contribution is 6.30. The number of rotatable bonds is 5. The molecular formula is C15H14ClF2NO. The lowest BCUT2D eigenvalue weighted by molar-refractivity contribution is 0.274. The third-order valence-electron chi connectivity index (χ3n) is 2.74. The van der Waals surface area contributed by atoms with E-state index in [4.69, 9.17) is 16.3 Å². The zero-order valence-electron chi connectivity index (χ0n) is 10.9. The molecule has 0 saturated carbocycles. The van der Waals surface area contributed by atoms with Crippen LogP contribution < -0.4 is 10.1 Å². The van der Waals surface area contributed by atoms with Crippen molar-refractivity contribution in [3.8, 4) is 5.75 Å². The van der Waals surface area contributed by atoms with Crippen molar-refractivity contribution in [3.63, 3.8) is 0 Å². The van der Waals surface area contributed by atoms with Gasteiger partial charge in [0.05, 0.1) is 0 Å². The predicted molar refractivity (Wildman–Crippen MR) is 74.9 cm³/mol. The molecule has 0 atom stereocenters. The number of benzene rings is 2. The molecule has 0 aliphatic heterocycles. The summed E-state index contributed by atoms with van der Waals surface area (Å²) >= 11 is 5.76. The molecule has 0 spiro atoms. The van der Waals surface area contributed by atoms with Crippen molar-refractivity contribution in [2.75, 3.05) is 7.05 Å². The highest BCUT2D eigenvalue weighted by Crippen LogP contribution is 2.24. The third-order valence-corrected chi connectivity index (χ3v) is 2.99. The van der Waals surface area contributed by atoms with Crippen LogP contribution in [0.1, 0.15) is 11.1 Å². The first-order chi connectivity index (χ1) is 9.60. The Bertz CT molecular complexity index is 564. The summed E-state index contributed by atoms with van der Waals surface area (Å²) in [6.45, 7) is 0.474. The first kappa shape index (κ1) is 14.8. The Balaban J connectivity index is 2.11. The van der Waals surface area contributed by atoms with Crippen LogP contribution in [0, 0.1) is 11.6 Å². The van der Waals surface area contributed by atoms with Crippen LogP contribution in [0.5, 0.6) is 5.75 Å². The average Bonchev–Trinajstić information content (AvgIpc) is 2.40. The Hall–Kier alpha value is -1.65. The summed E-state index contributed by atoms with van der Waals surface area (Å²) in [5.41, 5.74) is 1.31. The molecule has 0 aromatic heterocycles. The molecule has 2 aromatic rings. The Morgan fingerprint density at radius 1 is 1.05 bits per heavy atom. The average molecular weight is 298 g/mol. The minimum atomic E-state index is -0.704. The number of hydrogen-bond donors (Lipinski definition) is 1. The predicted octanol–water partition coefficient (Wildman–Crippen LogP) is 3.92. The van der Waals surface area contributed by atoms with Crippen LogP contribution in [0.25, 0.3) is 0 Å². The molecule has 0 fully saturated rings. The van der Waals surface area contributed by atoms with E-state index in [1.165, 1.54) is 12.1 Å². The normalized spacial score (nSPS) is 10.6. The highest BCUT2D eigenvalue weighted by Gasteiger charge is 2.12. The van der Waals surface area contributed by atoms with Crippen molar-refractivity contribution < 1.29 is 13.5 Å². The summed E-state index contributed by atoms with van der Waals surface area (Å²) in [4.78, 5) is 0. The topological polar surface area (TPSA) is 21.3 Å². The van der Waals surface area contributed by atoms with E-state index in [1.807, 2.05) is 0 Å². The molecule has 5 heteroatoms. The molecule has 0 radical (unpaired) electrons. The SMILES string of the molecule is CNCc1cc(F)c(OCc2ccc(Cl)cc2)c(F)c1. The number of hydrogen-bond acceptors (Lipinski definition) is 2. The fourth-order valence-corrected chi connectivity index (χ4v) is 1.92. The second kappa shape index (κ2) is 6.68. The van der Waals surface area contributed by atoms with Crippen molar-refractivity contribution in [1.29, 1.82) is 0 Å². The Kier molecular flexibility index (Phi) is 4.93. The van der Waals surface area contributed by atoms with Gasteiger partial charge in [0.1, 0.15) is 6.61 Å². The summed E-state index contributed by atoms with van der Waals surface area (Å²) in [7, 11) is 1.71. The van der Waals surface area contributed by atoms with E-state index in [1.54, 1.807) is 31.3 Å². The number of ether oxygens (including phenoxy) is 1. The van der Waals surface area contributed by atoms with Crippen molar-refractivity contribution in [1.82, 2.24) is 5.32 Å². The molecule has 2 nitrogen and oxygen atoms in total. The second-order valence-corrected chi connectivity index (χ2v) is 4.77. The quantitative estimate of drug-likeness (QED) is 0.903. The van der Waals surface area contributed by atoms with Crippen LogP contribution in [-0.2, 0) is 13.2 Å². The fourth-order valence-electron chi connectivity index (χ4n) is 1.79. The van der Waals surface area contributed by atoms with E-state index in [2.05, 4.69) is 5.32 Å². The lowest BCUT2D eigenvalue weighted by Gasteiger charge is -2.10. The van der Waals surface area contributed by atoms with Crippen molar-refractivity contribution in [2.24, 2.45) is 0 Å². The maximum Gasteiger partial charge on any atom is 0.191 e. The lowest BCUT2D eigenvalue weighted by atomic mass is 10.2. The van der Waals surface area contributed by atoms with E-state index in [-0.39, 0.29) is 12.4 Å². The molecule has 2 aromatic carbocycles. The molecule has 0 saturated heterocycles. The van der Waals surface area contributed by atoms with Crippen LogP contribution in [0.15, 0.2) is 36.4 Å². The maximum absolute atomic E-state index is 13.8. The Morgan fingerprint density at radius 3 is 2.20 bits per heavy atom. The van der Waals surface area contributed by atoms with Gasteiger partial charge in [-0.1, -0.05) is 23.7 Å². The number of nitrogens with one attached hydrogen (secondary N) is 1. The van der Waals surface area contributed by atoms with Gasteiger partial charge in [0.2, 0.25) is 0 Å². The summed E-state index contributed by atoms with van der Waals surface area (Å²) in [6, 6.07) is 9.40. The Labute approximate surface area is 121 Å². The summed E-state index contributed by atoms with van der Waals surface area (Å²) in [5, 5.41) is 3.43. The zero-order valence-corrected chi connectivity index (χ0v) is 11.7. The van der Waals surface area contributed by atoms with Crippen LogP contribution in [-0.4, -0.2) is 7.05 Å². The first-order valence-electron chi connectivity index (χ1n) is 6.10. The molecular weight excluding hydrogens is 284 g/mol. The first-order valence-corrected chi connectivity index (χ1v) is 6.47. The van der Waals surface area contributed by atoms with Gasteiger partial charge < -0.3 is 10.1 Å². The molecule has 20 heavy (non-hydrogen) atoms. The van der Waals surface area contributed by atoms with E-state index >= 15 is 0 Å². The van der Waals surface area contributed by atoms with Gasteiger partial charge in [-0.15, -0.1) is 0 Å². The van der Waals surface area contributed by atoms with E-state index in [0.29, 0.717) is 17.1 Å². The molecule has 0 aliphatic rings. The maximum atomic E-state index is 13.8. The molecule has 1 N–H and O–H groups in total.